The molecule has 1 aliphatic rings. The van der Waals surface area contributed by atoms with Crippen LogP contribution in [0.4, 0.5) is 5.69 Å². The van der Waals surface area contributed by atoms with Crippen molar-refractivity contribution in [2.45, 2.75) is 116 Å². The first kappa shape index (κ1) is 49.7. The number of benzene rings is 2. The predicted octanol–water partition coefficient (Wildman–Crippen LogP) is 0.477. The van der Waals surface area contributed by atoms with Crippen LogP contribution in [0, 0.1) is 6.92 Å². The standard InChI is InChI=1S/C44H62N12O8/c1-5-6-13-33(52-27(4)57)40(61)51-26(3)39(60)48-19-10-9-16-36-42(63)54-32-18-17-25(2)21-30(32)43(64)56(36)24-37(58)53-34(15-11-20-49-44(46)47)41(62)55-35(38(45)59)22-28-23-50-31-14-8-7-12-29(28)31/h7-8,12,14,17-18,21,23,26,33-36,50H,5-6,9-11,13,15-16,19-20,22,24H2,1-4H3,(H2,45,59)(H,48,60)(H,51,61)(H,52,57)(H,53,58)(H,54,63)(H,55,62)(H4,46,47,49)/t26-,33-,34-,35-,36?/m0/s1. The maximum absolute atomic E-state index is 14.2. The average Bonchev–Trinajstić information content (AvgIpc) is 3.62. The number of nitrogens with two attached hydrogens (primary N) is 3. The van der Waals surface area contributed by atoms with E-state index in [1.165, 1.54) is 13.8 Å². The Morgan fingerprint density at radius 2 is 1.55 bits per heavy atom. The Hall–Kier alpha value is -6.99. The number of anilines is 1. The van der Waals surface area contributed by atoms with E-state index < -0.39 is 78.1 Å². The number of carbonyl (C=O) groups excluding carboxylic acids is 8. The third-order valence-electron chi connectivity index (χ3n) is 10.8. The maximum atomic E-state index is 14.2. The number of nitrogens with one attached hydrogen (secondary N) is 7. The van der Waals surface area contributed by atoms with E-state index in [0.717, 1.165) is 33.4 Å². The molecule has 64 heavy (non-hydrogen) atoms. The van der Waals surface area contributed by atoms with Gasteiger partial charge in [0, 0.05) is 43.5 Å². The summed E-state index contributed by atoms with van der Waals surface area (Å²) in [6.07, 6.45) is 4.86. The molecule has 2 heterocycles. The predicted molar refractivity (Wildman–Crippen MR) is 241 cm³/mol. The number of aromatic nitrogens is 1. The number of para-hydroxylation sites is 1. The van der Waals surface area contributed by atoms with Crippen LogP contribution in [0.15, 0.2) is 53.7 Å². The smallest absolute Gasteiger partial charge is 0.257 e. The van der Waals surface area contributed by atoms with Crippen LogP contribution in [0.25, 0.3) is 10.9 Å². The average molecular weight is 887 g/mol. The molecule has 1 unspecified atom stereocenters. The van der Waals surface area contributed by atoms with E-state index in [0.29, 0.717) is 25.7 Å². The lowest BCUT2D eigenvalue weighted by Gasteiger charge is -2.29. The lowest BCUT2D eigenvalue weighted by Crippen LogP contribution is -2.56. The van der Waals surface area contributed by atoms with Crippen LogP contribution in [-0.4, -0.2) is 113 Å². The zero-order chi connectivity index (χ0) is 46.9. The van der Waals surface area contributed by atoms with Crippen LogP contribution in [0.1, 0.15) is 93.6 Å². The zero-order valence-electron chi connectivity index (χ0n) is 36.9. The molecule has 0 bridgehead atoms. The second kappa shape index (κ2) is 24.0. The first-order valence-corrected chi connectivity index (χ1v) is 21.6. The fourth-order valence-electron chi connectivity index (χ4n) is 7.38. The van der Waals surface area contributed by atoms with Crippen LogP contribution in [-0.2, 0) is 40.0 Å². The minimum Gasteiger partial charge on any atom is -0.370 e. The number of hydrogen-bond acceptors (Lipinski definition) is 9. The third kappa shape index (κ3) is 14.6. The zero-order valence-corrected chi connectivity index (χ0v) is 36.9. The van der Waals surface area contributed by atoms with Crippen molar-refractivity contribution < 1.29 is 38.4 Å². The highest BCUT2D eigenvalue weighted by molar-refractivity contribution is 6.11. The number of amides is 8. The van der Waals surface area contributed by atoms with E-state index >= 15 is 0 Å². The second-order valence-electron chi connectivity index (χ2n) is 16.0. The van der Waals surface area contributed by atoms with E-state index in [-0.39, 0.29) is 61.9 Å². The Morgan fingerprint density at radius 1 is 0.844 bits per heavy atom. The van der Waals surface area contributed by atoms with Gasteiger partial charge in [-0.2, -0.15) is 0 Å². The number of primary amides is 1. The lowest BCUT2D eigenvalue weighted by atomic mass is 10.0. The van der Waals surface area contributed by atoms with Crippen molar-refractivity contribution in [1.29, 1.82) is 0 Å². The van der Waals surface area contributed by atoms with Crippen molar-refractivity contribution in [1.82, 2.24) is 36.5 Å². The molecule has 13 N–H and O–H groups in total. The van der Waals surface area contributed by atoms with Crippen molar-refractivity contribution in [2.24, 2.45) is 22.2 Å². The number of H-pyrrole nitrogens is 1. The Bertz CT molecular complexity index is 2200. The molecule has 5 atom stereocenters. The number of aromatic amines is 1. The van der Waals surface area contributed by atoms with Gasteiger partial charge in [0.15, 0.2) is 5.96 Å². The molecule has 1 aromatic heterocycles. The first-order valence-electron chi connectivity index (χ1n) is 21.6. The minimum absolute atomic E-state index is 0.0373. The van der Waals surface area contributed by atoms with Gasteiger partial charge in [-0.15, -0.1) is 0 Å². The van der Waals surface area contributed by atoms with Crippen LogP contribution in [0.2, 0.25) is 0 Å². The quantitative estimate of drug-likeness (QED) is 0.0337. The van der Waals surface area contributed by atoms with Gasteiger partial charge in [0.05, 0.1) is 11.3 Å². The third-order valence-corrected chi connectivity index (χ3v) is 10.8. The number of rotatable bonds is 24. The molecule has 4 rings (SSSR count). The van der Waals surface area contributed by atoms with Gasteiger partial charge in [-0.3, -0.25) is 43.3 Å². The Balaban J connectivity index is 1.45. The molecular formula is C44H62N12O8. The van der Waals surface area contributed by atoms with Crippen LogP contribution >= 0.6 is 0 Å². The van der Waals surface area contributed by atoms with Gasteiger partial charge in [0.25, 0.3) is 5.91 Å². The van der Waals surface area contributed by atoms with E-state index in [2.05, 4.69) is 41.9 Å². The fourth-order valence-corrected chi connectivity index (χ4v) is 7.38. The number of unbranched alkanes of at least 4 members (excludes halogenated alkanes) is 2. The number of guanidine groups is 1. The molecule has 3 aromatic rings. The van der Waals surface area contributed by atoms with Gasteiger partial charge in [-0.1, -0.05) is 49.6 Å². The highest BCUT2D eigenvalue weighted by Gasteiger charge is 2.37. The molecule has 20 nitrogen and oxygen atoms in total. The van der Waals surface area contributed by atoms with Gasteiger partial charge >= 0.3 is 0 Å². The number of nitrogens with zero attached hydrogens (tertiary/aromatic N) is 2. The summed E-state index contributed by atoms with van der Waals surface area (Å²) < 4.78 is 0. The molecule has 0 aliphatic carbocycles. The van der Waals surface area contributed by atoms with Gasteiger partial charge < -0.3 is 59.0 Å². The molecule has 0 saturated carbocycles. The van der Waals surface area contributed by atoms with Crippen LogP contribution in [0.5, 0.6) is 0 Å². The Morgan fingerprint density at radius 3 is 2.25 bits per heavy atom. The summed E-state index contributed by atoms with van der Waals surface area (Å²) >= 11 is 0. The Kier molecular flexibility index (Phi) is 18.6. The summed E-state index contributed by atoms with van der Waals surface area (Å²) in [5.74, 6) is -4.81. The second-order valence-corrected chi connectivity index (χ2v) is 16.0. The van der Waals surface area contributed by atoms with Gasteiger partial charge in [-0.05, 0) is 76.1 Å². The molecule has 0 radical (unpaired) electrons. The van der Waals surface area contributed by atoms with Crippen LogP contribution in [0.3, 0.4) is 0 Å². The summed E-state index contributed by atoms with van der Waals surface area (Å²) in [6, 6.07) is 7.25. The summed E-state index contributed by atoms with van der Waals surface area (Å²) in [4.78, 5) is 114. The maximum Gasteiger partial charge on any atom is 0.257 e. The summed E-state index contributed by atoms with van der Waals surface area (Å²) in [5, 5.41) is 17.1. The molecule has 0 fully saturated rings. The molecule has 8 amide bonds. The number of aliphatic imine (C=N–C) groups is 1. The summed E-state index contributed by atoms with van der Waals surface area (Å²) in [7, 11) is 0. The molecule has 20 heteroatoms. The largest absolute Gasteiger partial charge is 0.370 e. The number of hydrogen-bond donors (Lipinski definition) is 10. The van der Waals surface area contributed by atoms with Crippen molar-refractivity contribution in [3.05, 3.63) is 65.4 Å². The molecule has 346 valence electrons. The molecule has 0 saturated heterocycles. The van der Waals surface area contributed by atoms with Gasteiger partial charge in [0.1, 0.15) is 36.8 Å². The highest BCUT2D eigenvalue weighted by atomic mass is 16.2. The molecule has 0 spiro atoms. The molecule has 2 aromatic carbocycles. The number of fused-ring (bicyclic) bond motifs is 2. The number of carbonyl (C=O) groups is 8. The minimum atomic E-state index is -1.22. The lowest BCUT2D eigenvalue weighted by molar-refractivity contribution is -0.132. The Labute approximate surface area is 372 Å². The highest BCUT2D eigenvalue weighted by Crippen LogP contribution is 2.26. The van der Waals surface area contributed by atoms with Gasteiger partial charge in [-0.25, -0.2) is 0 Å². The van der Waals surface area contributed by atoms with Crippen molar-refractivity contribution in [3.63, 3.8) is 0 Å². The van der Waals surface area contributed by atoms with Crippen LogP contribution < -0.4 is 49.1 Å². The van der Waals surface area contributed by atoms with E-state index in [4.69, 9.17) is 17.2 Å². The fraction of sp³-hybridized carbons (Fsp3) is 0.477. The van der Waals surface area contributed by atoms with Crippen molar-refractivity contribution in [3.8, 4) is 0 Å². The number of aryl methyl sites for hydroxylation is 1. The van der Waals surface area contributed by atoms with E-state index in [9.17, 15) is 38.4 Å². The van der Waals surface area contributed by atoms with Gasteiger partial charge in [0.2, 0.25) is 41.4 Å². The topological polar surface area (TPSA) is 318 Å². The van der Waals surface area contributed by atoms with E-state index in [1.807, 2.05) is 31.2 Å². The SMILES string of the molecule is CCCC[C@H](NC(C)=O)C(=O)N[C@@H](C)C(=O)NCCCCC1C(=O)Nc2ccc(C)cc2C(=O)N1CC(=O)N[C@@H](CCCN=C(N)N)C(=O)N[C@@H](Cc1c[nH]c2ccccc12)C(N)=O. The normalized spacial score (nSPS) is 15.3. The summed E-state index contributed by atoms with van der Waals surface area (Å²) in [5.41, 5.74) is 19.5. The van der Waals surface area contributed by atoms with Crippen molar-refractivity contribution >= 4 is 69.8 Å². The molecular weight excluding hydrogens is 825 g/mol. The first-order chi connectivity index (χ1) is 30.5. The monoisotopic (exact) mass is 886 g/mol. The van der Waals surface area contributed by atoms with Crippen molar-refractivity contribution in [2.75, 3.05) is 25.0 Å². The van der Waals surface area contributed by atoms with E-state index in [1.54, 1.807) is 31.3 Å². The summed E-state index contributed by atoms with van der Waals surface area (Å²) in [6.45, 7) is 6.29. The molecule has 1 aliphatic heterocycles.